The Morgan fingerprint density at radius 3 is 2.71 bits per heavy atom. The third kappa shape index (κ3) is 2.86. The topological polar surface area (TPSA) is 24.9 Å². The van der Waals surface area contributed by atoms with Crippen molar-refractivity contribution in [2.24, 2.45) is 0 Å². The van der Waals surface area contributed by atoms with Gasteiger partial charge in [0.1, 0.15) is 0 Å². The second-order valence-electron chi connectivity index (χ2n) is 3.89. The molecule has 2 heteroatoms. The van der Waals surface area contributed by atoms with E-state index in [9.17, 15) is 0 Å². The first kappa shape index (κ1) is 10.7. The minimum Gasteiger partial charge on any atom is -0.293 e. The van der Waals surface area contributed by atoms with Crippen molar-refractivity contribution in [2.45, 2.75) is 32.4 Å². The Kier molecular flexibility index (Phi) is 3.27. The summed E-state index contributed by atoms with van der Waals surface area (Å²) in [6.45, 7) is 6.01. The highest BCUT2D eigenvalue weighted by molar-refractivity contribution is 5.13. The molecule has 14 heavy (non-hydrogen) atoms. The molecule has 1 N–H and O–H groups in total. The number of nitrogens with one attached hydrogen (secondary N) is 1. The number of rotatable bonds is 3. The van der Waals surface area contributed by atoms with Gasteiger partial charge >= 0.3 is 0 Å². The third-order valence-corrected chi connectivity index (χ3v) is 2.07. The van der Waals surface area contributed by atoms with Crippen molar-refractivity contribution < 1.29 is 0 Å². The fourth-order valence-corrected chi connectivity index (χ4v) is 1.29. The summed E-state index contributed by atoms with van der Waals surface area (Å²) in [4.78, 5) is 4.27. The van der Waals surface area contributed by atoms with E-state index < -0.39 is 0 Å². The molecule has 0 radical (unpaired) electrons. The Morgan fingerprint density at radius 1 is 1.50 bits per heavy atom. The second-order valence-corrected chi connectivity index (χ2v) is 3.89. The Bertz CT molecular complexity index is 322. The lowest BCUT2D eigenvalue weighted by Gasteiger charge is -2.24. The standard InChI is InChI=1S/C12H16N2/c1-5-12(3,4)14-10(2)11-8-6-7-9-13-11/h1,6-10,14H,2-4H3. The maximum Gasteiger partial charge on any atom is 0.0746 e. The summed E-state index contributed by atoms with van der Waals surface area (Å²) in [6, 6.07) is 6.04. The molecule has 1 aromatic rings. The molecular weight excluding hydrogens is 172 g/mol. The average molecular weight is 188 g/mol. The predicted molar refractivity (Wildman–Crippen MR) is 58.7 cm³/mol. The number of nitrogens with zero attached hydrogens (tertiary/aromatic N) is 1. The van der Waals surface area contributed by atoms with E-state index in [1.54, 1.807) is 6.20 Å². The molecule has 0 saturated carbocycles. The molecule has 0 amide bonds. The Morgan fingerprint density at radius 2 is 2.21 bits per heavy atom. The van der Waals surface area contributed by atoms with Gasteiger partial charge < -0.3 is 0 Å². The van der Waals surface area contributed by atoms with Crippen LogP contribution in [0.2, 0.25) is 0 Å². The largest absolute Gasteiger partial charge is 0.293 e. The zero-order valence-corrected chi connectivity index (χ0v) is 8.91. The Balaban J connectivity index is 2.70. The first-order chi connectivity index (χ1) is 6.55. The van der Waals surface area contributed by atoms with Crippen molar-refractivity contribution in [3.05, 3.63) is 30.1 Å². The summed E-state index contributed by atoms with van der Waals surface area (Å²) in [7, 11) is 0. The third-order valence-electron chi connectivity index (χ3n) is 2.07. The van der Waals surface area contributed by atoms with Gasteiger partial charge in [-0.25, -0.2) is 0 Å². The summed E-state index contributed by atoms with van der Waals surface area (Å²) in [5, 5.41) is 3.32. The van der Waals surface area contributed by atoms with Crippen LogP contribution in [-0.2, 0) is 0 Å². The number of terminal acetylenes is 1. The summed E-state index contributed by atoms with van der Waals surface area (Å²) < 4.78 is 0. The molecule has 0 spiro atoms. The van der Waals surface area contributed by atoms with Gasteiger partial charge in [0, 0.05) is 12.2 Å². The normalized spacial score (nSPS) is 13.3. The zero-order valence-electron chi connectivity index (χ0n) is 8.91. The zero-order chi connectivity index (χ0) is 10.6. The van der Waals surface area contributed by atoms with Crippen molar-refractivity contribution >= 4 is 0 Å². The molecule has 1 heterocycles. The van der Waals surface area contributed by atoms with Gasteiger partial charge in [0.05, 0.1) is 11.2 Å². The molecular formula is C12H16N2. The van der Waals surface area contributed by atoms with Crippen LogP contribution < -0.4 is 5.32 Å². The summed E-state index contributed by atoms with van der Waals surface area (Å²) in [5.74, 6) is 2.70. The van der Waals surface area contributed by atoms with Crippen LogP contribution in [0.4, 0.5) is 0 Å². The fourth-order valence-electron chi connectivity index (χ4n) is 1.29. The van der Waals surface area contributed by atoms with Crippen LogP contribution in [-0.4, -0.2) is 10.5 Å². The summed E-state index contributed by atoms with van der Waals surface area (Å²) >= 11 is 0. The van der Waals surface area contributed by atoms with Crippen molar-refractivity contribution in [3.8, 4) is 12.3 Å². The van der Waals surface area contributed by atoms with E-state index in [0.29, 0.717) is 0 Å². The molecule has 2 nitrogen and oxygen atoms in total. The Labute approximate surface area is 85.8 Å². The molecule has 0 saturated heterocycles. The highest BCUT2D eigenvalue weighted by Crippen LogP contribution is 2.12. The van der Waals surface area contributed by atoms with E-state index in [0.717, 1.165) is 5.69 Å². The van der Waals surface area contributed by atoms with Crippen molar-refractivity contribution in [1.82, 2.24) is 10.3 Å². The molecule has 0 aromatic carbocycles. The van der Waals surface area contributed by atoms with Crippen LogP contribution in [0.5, 0.6) is 0 Å². The van der Waals surface area contributed by atoms with E-state index >= 15 is 0 Å². The van der Waals surface area contributed by atoms with Gasteiger partial charge in [0.15, 0.2) is 0 Å². The van der Waals surface area contributed by atoms with Gasteiger partial charge in [-0.15, -0.1) is 6.42 Å². The van der Waals surface area contributed by atoms with Gasteiger partial charge in [-0.3, -0.25) is 10.3 Å². The van der Waals surface area contributed by atoms with Crippen molar-refractivity contribution in [3.63, 3.8) is 0 Å². The van der Waals surface area contributed by atoms with Crippen molar-refractivity contribution in [1.29, 1.82) is 0 Å². The lowest BCUT2D eigenvalue weighted by atomic mass is 10.0. The highest BCUT2D eigenvalue weighted by atomic mass is 15.0. The van der Waals surface area contributed by atoms with E-state index in [-0.39, 0.29) is 11.6 Å². The molecule has 1 aromatic heterocycles. The van der Waals surface area contributed by atoms with E-state index in [1.807, 2.05) is 32.0 Å². The molecule has 1 rings (SSSR count). The monoisotopic (exact) mass is 188 g/mol. The number of aromatic nitrogens is 1. The molecule has 1 atom stereocenters. The van der Waals surface area contributed by atoms with Crippen LogP contribution >= 0.6 is 0 Å². The molecule has 0 aliphatic carbocycles. The van der Waals surface area contributed by atoms with Gasteiger partial charge in [-0.2, -0.15) is 0 Å². The summed E-state index contributed by atoms with van der Waals surface area (Å²) in [6.07, 6.45) is 7.19. The molecule has 0 fully saturated rings. The van der Waals surface area contributed by atoms with Gasteiger partial charge in [0.25, 0.3) is 0 Å². The lowest BCUT2D eigenvalue weighted by Crippen LogP contribution is -2.39. The van der Waals surface area contributed by atoms with Crippen LogP contribution in [0.15, 0.2) is 24.4 Å². The van der Waals surface area contributed by atoms with Crippen LogP contribution in [0.3, 0.4) is 0 Å². The SMILES string of the molecule is C#CC(C)(C)NC(C)c1ccccn1. The van der Waals surface area contributed by atoms with Gasteiger partial charge in [-0.05, 0) is 32.9 Å². The maximum absolute atomic E-state index is 5.40. The smallest absolute Gasteiger partial charge is 0.0746 e. The van der Waals surface area contributed by atoms with Gasteiger partial charge in [-0.1, -0.05) is 12.0 Å². The minimum atomic E-state index is -0.295. The maximum atomic E-state index is 5.40. The van der Waals surface area contributed by atoms with E-state index in [2.05, 4.69) is 23.1 Å². The average Bonchev–Trinajstić information content (AvgIpc) is 2.19. The first-order valence-corrected chi connectivity index (χ1v) is 4.71. The molecule has 0 aliphatic rings. The van der Waals surface area contributed by atoms with E-state index in [4.69, 9.17) is 6.42 Å². The number of hydrogen-bond acceptors (Lipinski definition) is 2. The molecule has 0 aliphatic heterocycles. The minimum absolute atomic E-state index is 0.169. The molecule has 74 valence electrons. The van der Waals surface area contributed by atoms with Gasteiger partial charge in [0.2, 0.25) is 0 Å². The van der Waals surface area contributed by atoms with Crippen LogP contribution in [0.25, 0.3) is 0 Å². The van der Waals surface area contributed by atoms with Crippen molar-refractivity contribution in [2.75, 3.05) is 0 Å². The molecule has 1 unspecified atom stereocenters. The second kappa shape index (κ2) is 4.26. The molecule has 0 bridgehead atoms. The fraction of sp³-hybridized carbons (Fsp3) is 0.417. The lowest BCUT2D eigenvalue weighted by molar-refractivity contribution is 0.426. The summed E-state index contributed by atoms with van der Waals surface area (Å²) in [5.41, 5.74) is 0.715. The highest BCUT2D eigenvalue weighted by Gasteiger charge is 2.17. The van der Waals surface area contributed by atoms with E-state index in [1.165, 1.54) is 0 Å². The quantitative estimate of drug-likeness (QED) is 0.735. The Hall–Kier alpha value is -1.33. The van der Waals surface area contributed by atoms with Crippen LogP contribution in [0.1, 0.15) is 32.5 Å². The number of hydrogen-bond donors (Lipinski definition) is 1. The van der Waals surface area contributed by atoms with Crippen LogP contribution in [0, 0.1) is 12.3 Å². The predicted octanol–water partition coefficient (Wildman–Crippen LogP) is 2.14. The number of pyridine rings is 1. The first-order valence-electron chi connectivity index (χ1n) is 4.71.